The van der Waals surface area contributed by atoms with Crippen molar-refractivity contribution in [2.75, 3.05) is 15.9 Å². The van der Waals surface area contributed by atoms with Crippen LogP contribution in [-0.4, -0.2) is 26.8 Å². The van der Waals surface area contributed by atoms with Gasteiger partial charge in [0.1, 0.15) is 10.0 Å². The van der Waals surface area contributed by atoms with E-state index in [0.717, 1.165) is 32.8 Å². The fourth-order valence-corrected chi connectivity index (χ4v) is 3.79. The third-order valence-electron chi connectivity index (χ3n) is 3.08. The van der Waals surface area contributed by atoms with Crippen molar-refractivity contribution in [2.24, 2.45) is 0 Å². The first-order valence-corrected chi connectivity index (χ1v) is 9.82. The van der Waals surface area contributed by atoms with Crippen molar-refractivity contribution in [3.05, 3.63) is 29.7 Å². The largest absolute Gasteiger partial charge is 0.300 e. The van der Waals surface area contributed by atoms with E-state index in [2.05, 4.69) is 39.5 Å². The number of hydrogen-bond donors (Lipinski definition) is 0. The molecule has 0 aliphatic heterocycles. The van der Waals surface area contributed by atoms with Crippen molar-refractivity contribution in [1.82, 2.24) is 9.97 Å². The van der Waals surface area contributed by atoms with E-state index < -0.39 is 0 Å². The van der Waals surface area contributed by atoms with E-state index >= 15 is 0 Å². The minimum atomic E-state index is 0.113. The first-order valence-electron chi connectivity index (χ1n) is 7.10. The van der Waals surface area contributed by atoms with Gasteiger partial charge in [0.05, 0.1) is 0 Å². The number of pyridine rings is 1. The minimum absolute atomic E-state index is 0.113. The second-order valence-electron chi connectivity index (χ2n) is 4.69. The van der Waals surface area contributed by atoms with Gasteiger partial charge in [-0.25, -0.2) is 4.98 Å². The molecule has 0 aliphatic carbocycles. The highest BCUT2D eigenvalue weighted by molar-refractivity contribution is 14.1. The molecule has 0 aliphatic rings. The van der Waals surface area contributed by atoms with E-state index in [1.165, 1.54) is 11.3 Å². The summed E-state index contributed by atoms with van der Waals surface area (Å²) in [5, 5.41) is 1.91. The van der Waals surface area contributed by atoms with Crippen LogP contribution in [-0.2, 0) is 4.79 Å². The quantitative estimate of drug-likeness (QED) is 0.450. The second-order valence-corrected chi connectivity index (χ2v) is 7.11. The predicted octanol–water partition coefficient (Wildman–Crippen LogP) is 4.82. The number of alkyl halides is 1. The SMILES string of the molecule is CCCCC(=O)N(CCI)c1sc(-c2cccnc2)nc1Cl. The normalized spacial score (nSPS) is 10.7. The summed E-state index contributed by atoms with van der Waals surface area (Å²) >= 11 is 9.99. The van der Waals surface area contributed by atoms with Crippen LogP contribution in [0.2, 0.25) is 5.15 Å². The summed E-state index contributed by atoms with van der Waals surface area (Å²) in [5.41, 5.74) is 0.913. The highest BCUT2D eigenvalue weighted by Crippen LogP contribution is 2.37. The van der Waals surface area contributed by atoms with E-state index in [9.17, 15) is 4.79 Å². The molecule has 22 heavy (non-hydrogen) atoms. The maximum Gasteiger partial charge on any atom is 0.227 e. The van der Waals surface area contributed by atoms with Crippen LogP contribution in [0.15, 0.2) is 24.5 Å². The lowest BCUT2D eigenvalue weighted by Crippen LogP contribution is -2.31. The molecule has 0 spiro atoms. The maximum absolute atomic E-state index is 12.4. The van der Waals surface area contributed by atoms with Crippen molar-refractivity contribution >= 4 is 56.4 Å². The minimum Gasteiger partial charge on any atom is -0.300 e. The van der Waals surface area contributed by atoms with Crippen molar-refractivity contribution < 1.29 is 4.79 Å². The molecule has 0 unspecified atom stereocenters. The number of halogens is 2. The average Bonchev–Trinajstić information content (AvgIpc) is 2.93. The van der Waals surface area contributed by atoms with Crippen LogP contribution in [0, 0.1) is 0 Å². The molecule has 0 fully saturated rings. The molecular weight excluding hydrogens is 433 g/mol. The van der Waals surface area contributed by atoms with Gasteiger partial charge in [0.2, 0.25) is 5.91 Å². The molecule has 2 heterocycles. The fourth-order valence-electron chi connectivity index (χ4n) is 1.96. The highest BCUT2D eigenvalue weighted by Gasteiger charge is 2.22. The van der Waals surface area contributed by atoms with Gasteiger partial charge < -0.3 is 4.90 Å². The van der Waals surface area contributed by atoms with Gasteiger partial charge in [0.15, 0.2) is 5.15 Å². The van der Waals surface area contributed by atoms with Crippen LogP contribution in [0.3, 0.4) is 0 Å². The van der Waals surface area contributed by atoms with Crippen LogP contribution in [0.4, 0.5) is 5.00 Å². The molecule has 118 valence electrons. The standard InChI is InChI=1S/C15H17ClIN3OS/c1-2-3-6-12(21)20(9-7-17)15-13(16)19-14(22-15)11-5-4-8-18-10-11/h4-5,8,10H,2-3,6-7,9H2,1H3. The number of hydrogen-bond acceptors (Lipinski definition) is 4. The summed E-state index contributed by atoms with van der Waals surface area (Å²) in [6.07, 6.45) is 5.91. The number of unbranched alkanes of at least 4 members (excludes halogenated alkanes) is 1. The molecule has 0 bridgehead atoms. The van der Waals surface area contributed by atoms with Crippen molar-refractivity contribution in [1.29, 1.82) is 0 Å². The van der Waals surface area contributed by atoms with E-state index in [1.807, 2.05) is 12.1 Å². The Labute approximate surface area is 153 Å². The molecule has 0 atom stereocenters. The average molecular weight is 450 g/mol. The summed E-state index contributed by atoms with van der Waals surface area (Å²) in [6.45, 7) is 2.73. The summed E-state index contributed by atoms with van der Waals surface area (Å²) in [5.74, 6) is 0.113. The zero-order valence-electron chi connectivity index (χ0n) is 12.3. The van der Waals surface area contributed by atoms with Gasteiger partial charge in [-0.1, -0.05) is 58.9 Å². The maximum atomic E-state index is 12.4. The number of aromatic nitrogens is 2. The molecule has 2 aromatic heterocycles. The number of rotatable bonds is 7. The molecule has 0 aromatic carbocycles. The lowest BCUT2D eigenvalue weighted by atomic mass is 10.2. The number of carbonyl (C=O) groups is 1. The van der Waals surface area contributed by atoms with Crippen LogP contribution in [0.25, 0.3) is 10.6 Å². The Morgan fingerprint density at radius 1 is 1.50 bits per heavy atom. The van der Waals surface area contributed by atoms with E-state index in [1.54, 1.807) is 17.3 Å². The fraction of sp³-hybridized carbons (Fsp3) is 0.400. The molecule has 4 nitrogen and oxygen atoms in total. The van der Waals surface area contributed by atoms with E-state index in [-0.39, 0.29) is 5.91 Å². The molecule has 2 aromatic rings. The first-order chi connectivity index (χ1) is 10.7. The van der Waals surface area contributed by atoms with Crippen molar-refractivity contribution in [3.8, 4) is 10.6 Å². The number of nitrogens with zero attached hydrogens (tertiary/aromatic N) is 3. The number of amides is 1. The van der Waals surface area contributed by atoms with Crippen molar-refractivity contribution in [3.63, 3.8) is 0 Å². The van der Waals surface area contributed by atoms with Crippen molar-refractivity contribution in [2.45, 2.75) is 26.2 Å². The monoisotopic (exact) mass is 449 g/mol. The van der Waals surface area contributed by atoms with Crippen LogP contribution in [0.1, 0.15) is 26.2 Å². The Bertz CT molecular complexity index is 621. The summed E-state index contributed by atoms with van der Waals surface area (Å²) < 4.78 is 0.853. The van der Waals surface area contributed by atoms with Crippen LogP contribution < -0.4 is 4.90 Å². The molecule has 1 amide bonds. The molecule has 0 saturated heterocycles. The lowest BCUT2D eigenvalue weighted by Gasteiger charge is -2.19. The third-order valence-corrected chi connectivity index (χ3v) is 5.06. The summed E-state index contributed by atoms with van der Waals surface area (Å²) in [6, 6.07) is 3.80. The summed E-state index contributed by atoms with van der Waals surface area (Å²) in [4.78, 5) is 22.7. The topological polar surface area (TPSA) is 46.1 Å². The molecule has 0 N–H and O–H groups in total. The third kappa shape index (κ3) is 4.39. The molecule has 7 heteroatoms. The van der Waals surface area contributed by atoms with Gasteiger partial charge in [0, 0.05) is 35.4 Å². The van der Waals surface area contributed by atoms with Gasteiger partial charge in [-0.2, -0.15) is 0 Å². The smallest absolute Gasteiger partial charge is 0.227 e. The Balaban J connectivity index is 2.28. The first kappa shape index (κ1) is 17.6. The Morgan fingerprint density at radius 2 is 2.32 bits per heavy atom. The zero-order valence-corrected chi connectivity index (χ0v) is 16.0. The van der Waals surface area contributed by atoms with Gasteiger partial charge in [-0.15, -0.1) is 0 Å². The van der Waals surface area contributed by atoms with Gasteiger partial charge >= 0.3 is 0 Å². The van der Waals surface area contributed by atoms with E-state index in [4.69, 9.17) is 11.6 Å². The second kappa shape index (κ2) is 8.79. The molecule has 0 saturated carbocycles. The highest BCUT2D eigenvalue weighted by atomic mass is 127. The zero-order chi connectivity index (χ0) is 15.9. The van der Waals surface area contributed by atoms with Gasteiger partial charge in [-0.05, 0) is 18.6 Å². The molecule has 0 radical (unpaired) electrons. The Kier molecular flexibility index (Phi) is 7.04. The van der Waals surface area contributed by atoms with E-state index in [0.29, 0.717) is 18.1 Å². The van der Waals surface area contributed by atoms with Crippen LogP contribution >= 0.6 is 45.5 Å². The molecule has 2 rings (SSSR count). The number of thiazole rings is 1. The van der Waals surface area contributed by atoms with Crippen LogP contribution in [0.5, 0.6) is 0 Å². The number of carbonyl (C=O) groups excluding carboxylic acids is 1. The predicted molar refractivity (Wildman–Crippen MR) is 101 cm³/mol. The lowest BCUT2D eigenvalue weighted by molar-refractivity contribution is -0.118. The Morgan fingerprint density at radius 3 is 2.95 bits per heavy atom. The summed E-state index contributed by atoms with van der Waals surface area (Å²) in [7, 11) is 0. The number of anilines is 1. The van der Waals surface area contributed by atoms with Gasteiger partial charge in [-0.3, -0.25) is 9.78 Å². The Hall–Kier alpha value is -0.730. The molecular formula is C15H17ClIN3OS. The van der Waals surface area contributed by atoms with Gasteiger partial charge in [0.25, 0.3) is 0 Å².